The van der Waals surface area contributed by atoms with Gasteiger partial charge in [-0.15, -0.1) is 0 Å². The van der Waals surface area contributed by atoms with Crippen molar-refractivity contribution in [1.82, 2.24) is 4.98 Å². The van der Waals surface area contributed by atoms with Gasteiger partial charge in [-0.2, -0.15) is 0 Å². The summed E-state index contributed by atoms with van der Waals surface area (Å²) in [4.78, 5) is 4.74. The molecule has 0 atom stereocenters. The highest BCUT2D eigenvalue weighted by molar-refractivity contribution is 9.10. The summed E-state index contributed by atoms with van der Waals surface area (Å²) < 4.78 is 5.11. The van der Waals surface area contributed by atoms with Crippen LogP contribution >= 0.6 is 15.9 Å². The lowest BCUT2D eigenvalue weighted by atomic mass is 10.0. The molecule has 0 aliphatic rings. The second-order valence-corrected chi connectivity index (χ2v) is 3.98. The molecule has 2 rings (SSSR count). The third kappa shape index (κ3) is 1.73. The molecule has 0 saturated heterocycles. The Morgan fingerprint density at radius 3 is 2.64 bits per heavy atom. The zero-order chi connectivity index (χ0) is 10.1. The fourth-order valence-electron chi connectivity index (χ4n) is 1.48. The summed E-state index contributed by atoms with van der Waals surface area (Å²) in [6, 6.07) is 6.28. The molecule has 0 bridgehead atoms. The van der Waals surface area contributed by atoms with Crippen molar-refractivity contribution in [2.24, 2.45) is 0 Å². The molecule has 2 nitrogen and oxygen atoms in total. The number of aromatic nitrogens is 1. The number of aryl methyl sites for hydroxylation is 2. The highest BCUT2D eigenvalue weighted by Crippen LogP contribution is 2.24. The van der Waals surface area contributed by atoms with E-state index in [1.54, 1.807) is 6.26 Å². The van der Waals surface area contributed by atoms with Crippen molar-refractivity contribution >= 4 is 15.9 Å². The number of rotatable bonds is 1. The zero-order valence-corrected chi connectivity index (χ0v) is 9.63. The Bertz CT molecular complexity index is 462. The second-order valence-electron chi connectivity index (χ2n) is 3.30. The van der Waals surface area contributed by atoms with Gasteiger partial charge >= 0.3 is 0 Å². The van der Waals surface area contributed by atoms with E-state index in [0.29, 0.717) is 4.80 Å². The van der Waals surface area contributed by atoms with E-state index in [0.717, 1.165) is 11.3 Å². The van der Waals surface area contributed by atoms with E-state index in [1.165, 1.54) is 11.1 Å². The second kappa shape index (κ2) is 3.58. The van der Waals surface area contributed by atoms with Crippen LogP contribution in [0.25, 0.3) is 11.3 Å². The first-order valence-corrected chi connectivity index (χ1v) is 5.15. The summed E-state index contributed by atoms with van der Waals surface area (Å²) in [5, 5.41) is 0. The van der Waals surface area contributed by atoms with E-state index < -0.39 is 0 Å². The van der Waals surface area contributed by atoms with E-state index in [9.17, 15) is 0 Å². The minimum atomic E-state index is 0.521. The third-order valence-electron chi connectivity index (χ3n) is 2.13. The average molecular weight is 252 g/mol. The molecule has 72 valence electrons. The first-order valence-electron chi connectivity index (χ1n) is 4.35. The molecule has 3 heteroatoms. The van der Waals surface area contributed by atoms with E-state index in [2.05, 4.69) is 53.0 Å². The standard InChI is InChI=1S/C11H10BrNO/c1-7-3-4-9(8(2)5-7)10-6-14-11(12)13-10/h3-6H,1-2H3. The van der Waals surface area contributed by atoms with Gasteiger partial charge < -0.3 is 4.42 Å². The number of oxazole rings is 1. The Kier molecular flexibility index (Phi) is 2.42. The lowest BCUT2D eigenvalue weighted by Gasteiger charge is -2.02. The van der Waals surface area contributed by atoms with Crippen LogP contribution in [0.2, 0.25) is 0 Å². The minimum absolute atomic E-state index is 0.521. The summed E-state index contributed by atoms with van der Waals surface area (Å²) in [6.07, 6.45) is 1.65. The molecule has 14 heavy (non-hydrogen) atoms. The van der Waals surface area contributed by atoms with Gasteiger partial charge in [-0.3, -0.25) is 0 Å². The fraction of sp³-hybridized carbons (Fsp3) is 0.182. The van der Waals surface area contributed by atoms with Crippen LogP contribution in [0.4, 0.5) is 0 Å². The Balaban J connectivity index is 2.52. The normalized spacial score (nSPS) is 10.5. The van der Waals surface area contributed by atoms with Gasteiger partial charge in [0.25, 0.3) is 4.80 Å². The average Bonchev–Trinajstić information content (AvgIpc) is 2.51. The first kappa shape index (κ1) is 9.46. The van der Waals surface area contributed by atoms with Crippen molar-refractivity contribution < 1.29 is 4.42 Å². The smallest absolute Gasteiger partial charge is 0.264 e. The predicted molar refractivity (Wildman–Crippen MR) is 59.1 cm³/mol. The van der Waals surface area contributed by atoms with Gasteiger partial charge in [-0.05, 0) is 19.4 Å². The summed E-state index contributed by atoms with van der Waals surface area (Å²) in [7, 11) is 0. The quantitative estimate of drug-likeness (QED) is 0.773. The molecule has 0 spiro atoms. The molecule has 2 aromatic rings. The number of halogens is 1. The van der Waals surface area contributed by atoms with Crippen LogP contribution in [0.15, 0.2) is 33.7 Å². The highest BCUT2D eigenvalue weighted by Gasteiger charge is 2.06. The zero-order valence-electron chi connectivity index (χ0n) is 8.04. The SMILES string of the molecule is Cc1ccc(-c2coc(Br)n2)c(C)c1. The summed E-state index contributed by atoms with van der Waals surface area (Å²) in [6.45, 7) is 4.15. The summed E-state index contributed by atoms with van der Waals surface area (Å²) in [5.41, 5.74) is 4.46. The van der Waals surface area contributed by atoms with Gasteiger partial charge in [0.1, 0.15) is 12.0 Å². The molecule has 0 amide bonds. The molecule has 0 fully saturated rings. The van der Waals surface area contributed by atoms with Crippen molar-refractivity contribution in [3.05, 3.63) is 40.4 Å². The molecule has 1 aromatic carbocycles. The molecule has 0 unspecified atom stereocenters. The maximum Gasteiger partial charge on any atom is 0.264 e. The molecule has 0 aliphatic heterocycles. The molecule has 0 N–H and O–H groups in total. The van der Waals surface area contributed by atoms with Crippen LogP contribution in [0.3, 0.4) is 0 Å². The number of benzene rings is 1. The fourth-order valence-corrected chi connectivity index (χ4v) is 1.76. The van der Waals surface area contributed by atoms with Crippen LogP contribution in [-0.4, -0.2) is 4.98 Å². The van der Waals surface area contributed by atoms with Crippen molar-refractivity contribution in [3.63, 3.8) is 0 Å². The Morgan fingerprint density at radius 1 is 1.29 bits per heavy atom. The monoisotopic (exact) mass is 251 g/mol. The van der Waals surface area contributed by atoms with Crippen molar-refractivity contribution in [2.75, 3.05) is 0 Å². The topological polar surface area (TPSA) is 26.0 Å². The lowest BCUT2D eigenvalue weighted by molar-refractivity contribution is 0.529. The van der Waals surface area contributed by atoms with Gasteiger partial charge in [-0.25, -0.2) is 4.98 Å². The van der Waals surface area contributed by atoms with E-state index in [-0.39, 0.29) is 0 Å². The van der Waals surface area contributed by atoms with E-state index in [1.807, 2.05) is 0 Å². The van der Waals surface area contributed by atoms with E-state index in [4.69, 9.17) is 4.42 Å². The minimum Gasteiger partial charge on any atom is -0.439 e. The van der Waals surface area contributed by atoms with Crippen molar-refractivity contribution in [1.29, 1.82) is 0 Å². The predicted octanol–water partition coefficient (Wildman–Crippen LogP) is 3.72. The van der Waals surface area contributed by atoms with Gasteiger partial charge in [-0.1, -0.05) is 23.8 Å². The number of hydrogen-bond acceptors (Lipinski definition) is 2. The van der Waals surface area contributed by atoms with Crippen LogP contribution < -0.4 is 0 Å². The molecule has 1 aromatic heterocycles. The van der Waals surface area contributed by atoms with Gasteiger partial charge in [0.2, 0.25) is 0 Å². The molecular weight excluding hydrogens is 242 g/mol. The summed E-state index contributed by atoms with van der Waals surface area (Å²) >= 11 is 3.19. The van der Waals surface area contributed by atoms with Crippen LogP contribution in [0, 0.1) is 13.8 Å². The van der Waals surface area contributed by atoms with Crippen LogP contribution in [0.1, 0.15) is 11.1 Å². The number of hydrogen-bond donors (Lipinski definition) is 0. The van der Waals surface area contributed by atoms with Gasteiger partial charge in [0, 0.05) is 21.5 Å². The number of nitrogens with zero attached hydrogens (tertiary/aromatic N) is 1. The lowest BCUT2D eigenvalue weighted by Crippen LogP contribution is -1.84. The Morgan fingerprint density at radius 2 is 2.07 bits per heavy atom. The van der Waals surface area contributed by atoms with Crippen LogP contribution in [-0.2, 0) is 0 Å². The maximum absolute atomic E-state index is 5.11. The van der Waals surface area contributed by atoms with Gasteiger partial charge in [0.15, 0.2) is 0 Å². The Labute approximate surface area is 91.1 Å². The molecular formula is C11H10BrNO. The molecule has 0 saturated carbocycles. The summed E-state index contributed by atoms with van der Waals surface area (Å²) in [5.74, 6) is 0. The van der Waals surface area contributed by atoms with Crippen LogP contribution in [0.5, 0.6) is 0 Å². The first-order chi connectivity index (χ1) is 6.66. The van der Waals surface area contributed by atoms with Crippen molar-refractivity contribution in [3.8, 4) is 11.3 Å². The third-order valence-corrected chi connectivity index (χ3v) is 2.50. The molecule has 0 aliphatic carbocycles. The van der Waals surface area contributed by atoms with Gasteiger partial charge in [0.05, 0.1) is 0 Å². The van der Waals surface area contributed by atoms with E-state index >= 15 is 0 Å². The Hall–Kier alpha value is -1.09. The maximum atomic E-state index is 5.11. The van der Waals surface area contributed by atoms with Crippen molar-refractivity contribution in [2.45, 2.75) is 13.8 Å². The largest absolute Gasteiger partial charge is 0.439 e. The molecule has 0 radical (unpaired) electrons. The molecule has 1 heterocycles. The highest BCUT2D eigenvalue weighted by atomic mass is 79.9.